The molecular formula is C19H25N3O3. The van der Waals surface area contributed by atoms with Crippen molar-refractivity contribution >= 4 is 6.03 Å². The molecule has 1 heterocycles. The summed E-state index contributed by atoms with van der Waals surface area (Å²) >= 11 is 0. The maximum Gasteiger partial charge on any atom is 0.318 e. The fourth-order valence-corrected chi connectivity index (χ4v) is 2.21. The third-order valence-corrected chi connectivity index (χ3v) is 3.91. The van der Waals surface area contributed by atoms with Crippen LogP contribution in [0.15, 0.2) is 48.8 Å². The van der Waals surface area contributed by atoms with Gasteiger partial charge in [0, 0.05) is 39.1 Å². The van der Waals surface area contributed by atoms with E-state index in [0.29, 0.717) is 19.6 Å². The number of rotatable bonds is 7. The number of hydrogen-bond acceptors (Lipinski definition) is 4. The summed E-state index contributed by atoms with van der Waals surface area (Å²) in [4.78, 5) is 18.5. The Kier molecular flexibility index (Phi) is 6.36. The lowest BCUT2D eigenvalue weighted by atomic mass is 10.1. The van der Waals surface area contributed by atoms with Gasteiger partial charge in [-0.3, -0.25) is 4.98 Å². The van der Waals surface area contributed by atoms with E-state index in [1.807, 2.05) is 26.0 Å². The molecule has 0 unspecified atom stereocenters. The molecule has 0 spiro atoms. The van der Waals surface area contributed by atoms with Crippen molar-refractivity contribution in [2.75, 3.05) is 13.7 Å². The molecule has 1 aromatic carbocycles. The maximum atomic E-state index is 12.7. The molecule has 0 saturated heterocycles. The summed E-state index contributed by atoms with van der Waals surface area (Å²) in [6.45, 7) is 5.10. The van der Waals surface area contributed by atoms with Crippen LogP contribution in [0.2, 0.25) is 0 Å². The lowest BCUT2D eigenvalue weighted by molar-refractivity contribution is 0.0241. The summed E-state index contributed by atoms with van der Waals surface area (Å²) in [6, 6.07) is 10.4. The topological polar surface area (TPSA) is 74.7 Å². The summed E-state index contributed by atoms with van der Waals surface area (Å²) < 4.78 is 5.35. The van der Waals surface area contributed by atoms with E-state index in [0.717, 1.165) is 11.1 Å². The van der Waals surface area contributed by atoms with Crippen molar-refractivity contribution in [1.29, 1.82) is 0 Å². The minimum atomic E-state index is -0.436. The monoisotopic (exact) mass is 343 g/mol. The van der Waals surface area contributed by atoms with E-state index in [1.54, 1.807) is 48.7 Å². The number of aromatic hydroxyl groups is 1. The van der Waals surface area contributed by atoms with Crippen molar-refractivity contribution < 1.29 is 14.6 Å². The highest BCUT2D eigenvalue weighted by atomic mass is 16.5. The molecule has 0 radical (unpaired) electrons. The van der Waals surface area contributed by atoms with Gasteiger partial charge in [0.25, 0.3) is 0 Å². The molecule has 134 valence electrons. The van der Waals surface area contributed by atoms with E-state index < -0.39 is 5.60 Å². The van der Waals surface area contributed by atoms with Gasteiger partial charge in [-0.15, -0.1) is 0 Å². The molecular weight excluding hydrogens is 318 g/mol. The molecule has 0 atom stereocenters. The number of phenolic OH excluding ortho intramolecular Hbond substituents is 1. The van der Waals surface area contributed by atoms with Gasteiger partial charge in [-0.25, -0.2) is 4.79 Å². The smallest absolute Gasteiger partial charge is 0.318 e. The molecule has 0 fully saturated rings. The number of hydrogen-bond donors (Lipinski definition) is 2. The van der Waals surface area contributed by atoms with Gasteiger partial charge in [0.05, 0.1) is 5.60 Å². The number of nitrogens with zero attached hydrogens (tertiary/aromatic N) is 2. The zero-order chi connectivity index (χ0) is 18.3. The van der Waals surface area contributed by atoms with Gasteiger partial charge in [0.1, 0.15) is 5.75 Å². The Morgan fingerprint density at radius 1 is 1.20 bits per heavy atom. The van der Waals surface area contributed by atoms with Gasteiger partial charge < -0.3 is 20.1 Å². The molecule has 0 saturated carbocycles. The highest BCUT2D eigenvalue weighted by Gasteiger charge is 2.20. The molecule has 0 aliphatic heterocycles. The van der Waals surface area contributed by atoms with Crippen LogP contribution >= 0.6 is 0 Å². The second-order valence-corrected chi connectivity index (χ2v) is 6.51. The fraction of sp³-hybridized carbons (Fsp3) is 0.368. The lowest BCUT2D eigenvalue weighted by Gasteiger charge is -2.27. The number of nitrogens with one attached hydrogen (secondary N) is 1. The summed E-state index contributed by atoms with van der Waals surface area (Å²) in [5.41, 5.74) is 1.44. The standard InChI is InChI=1S/C19H25N3O3/c1-19(2,25-3)14-21-18(24)22(13-16-5-4-10-20-11-16)12-15-6-8-17(23)9-7-15/h4-11,23H,12-14H2,1-3H3,(H,21,24). The summed E-state index contributed by atoms with van der Waals surface area (Å²) in [6.07, 6.45) is 3.45. The largest absolute Gasteiger partial charge is 0.508 e. The Bertz CT molecular complexity index is 672. The molecule has 6 nitrogen and oxygen atoms in total. The van der Waals surface area contributed by atoms with Crippen LogP contribution in [-0.2, 0) is 17.8 Å². The Labute approximate surface area is 148 Å². The van der Waals surface area contributed by atoms with Crippen molar-refractivity contribution in [3.8, 4) is 5.75 Å². The van der Waals surface area contributed by atoms with Gasteiger partial charge >= 0.3 is 6.03 Å². The van der Waals surface area contributed by atoms with Crippen LogP contribution in [0.25, 0.3) is 0 Å². The van der Waals surface area contributed by atoms with Gasteiger partial charge in [0.15, 0.2) is 0 Å². The van der Waals surface area contributed by atoms with Crippen molar-refractivity contribution in [3.63, 3.8) is 0 Å². The Morgan fingerprint density at radius 2 is 1.88 bits per heavy atom. The zero-order valence-corrected chi connectivity index (χ0v) is 14.9. The van der Waals surface area contributed by atoms with Crippen LogP contribution < -0.4 is 5.32 Å². The van der Waals surface area contributed by atoms with Crippen molar-refractivity contribution in [2.45, 2.75) is 32.5 Å². The molecule has 2 N–H and O–H groups in total. The number of urea groups is 1. The highest BCUT2D eigenvalue weighted by Crippen LogP contribution is 2.14. The predicted molar refractivity (Wildman–Crippen MR) is 96.1 cm³/mol. The van der Waals surface area contributed by atoms with Crippen molar-refractivity contribution in [2.24, 2.45) is 0 Å². The number of carbonyl (C=O) groups is 1. The van der Waals surface area contributed by atoms with E-state index in [1.165, 1.54) is 0 Å². The number of ether oxygens (including phenoxy) is 1. The molecule has 25 heavy (non-hydrogen) atoms. The van der Waals surface area contributed by atoms with Crippen LogP contribution in [0, 0.1) is 0 Å². The van der Waals surface area contributed by atoms with Crippen LogP contribution in [0.4, 0.5) is 4.79 Å². The first-order valence-corrected chi connectivity index (χ1v) is 8.14. The van der Waals surface area contributed by atoms with Gasteiger partial charge in [-0.1, -0.05) is 18.2 Å². The Hall–Kier alpha value is -2.60. The SMILES string of the molecule is COC(C)(C)CNC(=O)N(Cc1ccc(O)cc1)Cc1cccnc1. The number of phenols is 1. The number of benzene rings is 1. The van der Waals surface area contributed by atoms with Crippen LogP contribution in [0.3, 0.4) is 0 Å². The average Bonchev–Trinajstić information content (AvgIpc) is 2.62. The lowest BCUT2D eigenvalue weighted by Crippen LogP contribution is -2.45. The van der Waals surface area contributed by atoms with Crippen LogP contribution in [0.1, 0.15) is 25.0 Å². The summed E-state index contributed by atoms with van der Waals surface area (Å²) in [5.74, 6) is 0.203. The second-order valence-electron chi connectivity index (χ2n) is 6.51. The Morgan fingerprint density at radius 3 is 2.48 bits per heavy atom. The predicted octanol–water partition coefficient (Wildman–Crippen LogP) is 2.92. The third-order valence-electron chi connectivity index (χ3n) is 3.91. The van der Waals surface area contributed by atoms with E-state index in [4.69, 9.17) is 4.74 Å². The first-order valence-electron chi connectivity index (χ1n) is 8.14. The third kappa shape index (κ3) is 6.08. The second kappa shape index (κ2) is 8.48. The Balaban J connectivity index is 2.10. The molecule has 0 bridgehead atoms. The quantitative estimate of drug-likeness (QED) is 0.810. The normalized spacial score (nSPS) is 11.2. The fourth-order valence-electron chi connectivity index (χ4n) is 2.21. The summed E-state index contributed by atoms with van der Waals surface area (Å²) in [7, 11) is 1.62. The average molecular weight is 343 g/mol. The number of methoxy groups -OCH3 is 1. The molecule has 2 rings (SSSR count). The van der Waals surface area contributed by atoms with Crippen LogP contribution in [0.5, 0.6) is 5.75 Å². The molecule has 6 heteroatoms. The maximum absolute atomic E-state index is 12.7. The zero-order valence-electron chi connectivity index (χ0n) is 14.9. The molecule has 0 aliphatic rings. The highest BCUT2D eigenvalue weighted by molar-refractivity contribution is 5.74. The van der Waals surface area contributed by atoms with E-state index in [9.17, 15) is 9.90 Å². The van der Waals surface area contributed by atoms with Gasteiger partial charge in [-0.2, -0.15) is 0 Å². The van der Waals surface area contributed by atoms with Gasteiger partial charge in [0.2, 0.25) is 0 Å². The minimum absolute atomic E-state index is 0.179. The molecule has 2 amide bonds. The first-order chi connectivity index (χ1) is 11.9. The van der Waals surface area contributed by atoms with Crippen molar-refractivity contribution in [3.05, 3.63) is 59.9 Å². The number of carbonyl (C=O) groups excluding carboxylic acids is 1. The number of pyridine rings is 1. The van der Waals surface area contributed by atoms with E-state index >= 15 is 0 Å². The number of aromatic nitrogens is 1. The van der Waals surface area contributed by atoms with E-state index in [-0.39, 0.29) is 11.8 Å². The van der Waals surface area contributed by atoms with Crippen LogP contribution in [-0.4, -0.2) is 40.3 Å². The number of amides is 2. The molecule has 2 aromatic rings. The minimum Gasteiger partial charge on any atom is -0.508 e. The summed E-state index contributed by atoms with van der Waals surface area (Å²) in [5, 5.41) is 12.3. The van der Waals surface area contributed by atoms with E-state index in [2.05, 4.69) is 10.3 Å². The first kappa shape index (κ1) is 18.7. The van der Waals surface area contributed by atoms with Crippen molar-refractivity contribution in [1.82, 2.24) is 15.2 Å². The molecule has 0 aliphatic carbocycles. The molecule has 1 aromatic heterocycles. The van der Waals surface area contributed by atoms with Gasteiger partial charge in [-0.05, 0) is 43.2 Å².